The molecule has 3 nitrogen and oxygen atoms in total. The zero-order valence-corrected chi connectivity index (χ0v) is 11.0. The number of urea groups is 1. The highest BCUT2D eigenvalue weighted by Gasteiger charge is 2.26. The zero-order valence-electron chi connectivity index (χ0n) is 11.0. The van der Waals surface area contributed by atoms with Crippen molar-refractivity contribution in [2.45, 2.75) is 58.4 Å². The molecule has 1 aliphatic rings. The van der Waals surface area contributed by atoms with E-state index in [-0.39, 0.29) is 6.03 Å². The van der Waals surface area contributed by atoms with Gasteiger partial charge in [-0.15, -0.1) is 0 Å². The van der Waals surface area contributed by atoms with E-state index in [4.69, 9.17) is 0 Å². The summed E-state index contributed by atoms with van der Waals surface area (Å²) in [6.45, 7) is 5.01. The molecule has 94 valence electrons. The minimum absolute atomic E-state index is 0.0931. The maximum absolute atomic E-state index is 11.8. The first-order valence-corrected chi connectivity index (χ1v) is 6.70. The van der Waals surface area contributed by atoms with Crippen LogP contribution in [0.25, 0.3) is 0 Å². The number of rotatable bonds is 4. The van der Waals surface area contributed by atoms with Gasteiger partial charge in [-0.1, -0.05) is 26.2 Å². The van der Waals surface area contributed by atoms with Crippen LogP contribution in [0.2, 0.25) is 0 Å². The lowest BCUT2D eigenvalue weighted by Crippen LogP contribution is -2.47. The molecule has 0 aromatic carbocycles. The van der Waals surface area contributed by atoms with Gasteiger partial charge in [-0.05, 0) is 32.1 Å². The van der Waals surface area contributed by atoms with Crippen molar-refractivity contribution in [2.75, 3.05) is 13.6 Å². The molecule has 16 heavy (non-hydrogen) atoms. The summed E-state index contributed by atoms with van der Waals surface area (Å²) in [4.78, 5) is 13.6. The van der Waals surface area contributed by atoms with Gasteiger partial charge >= 0.3 is 6.03 Å². The predicted molar refractivity (Wildman–Crippen MR) is 67.5 cm³/mol. The van der Waals surface area contributed by atoms with Gasteiger partial charge < -0.3 is 10.2 Å². The van der Waals surface area contributed by atoms with E-state index in [0.717, 1.165) is 13.0 Å². The molecule has 0 heterocycles. The summed E-state index contributed by atoms with van der Waals surface area (Å²) in [5.74, 6) is 0.702. The van der Waals surface area contributed by atoms with E-state index in [9.17, 15) is 4.79 Å². The van der Waals surface area contributed by atoms with E-state index in [2.05, 4.69) is 12.2 Å². The Kier molecular flexibility index (Phi) is 5.64. The third-order valence-electron chi connectivity index (χ3n) is 3.70. The third-order valence-corrected chi connectivity index (χ3v) is 3.70. The fraction of sp³-hybridized carbons (Fsp3) is 0.923. The monoisotopic (exact) mass is 226 g/mol. The summed E-state index contributed by atoms with van der Waals surface area (Å²) >= 11 is 0. The highest BCUT2D eigenvalue weighted by Crippen LogP contribution is 2.28. The van der Waals surface area contributed by atoms with Gasteiger partial charge in [0, 0.05) is 19.6 Å². The Morgan fingerprint density at radius 2 is 2.00 bits per heavy atom. The maximum atomic E-state index is 11.8. The lowest BCUT2D eigenvalue weighted by atomic mass is 9.82. The SMILES string of the molecule is CCC[C@H]1CCCC[C@@H]1NC(=O)N(C)CC. The summed E-state index contributed by atoms with van der Waals surface area (Å²) in [7, 11) is 1.85. The number of nitrogens with one attached hydrogen (secondary N) is 1. The molecular weight excluding hydrogens is 200 g/mol. The molecule has 0 aliphatic heterocycles. The Hall–Kier alpha value is -0.730. The largest absolute Gasteiger partial charge is 0.335 e. The smallest absolute Gasteiger partial charge is 0.317 e. The van der Waals surface area contributed by atoms with Crippen LogP contribution in [0.3, 0.4) is 0 Å². The Bertz CT molecular complexity index is 216. The second-order valence-corrected chi connectivity index (χ2v) is 4.90. The molecule has 2 atom stereocenters. The lowest BCUT2D eigenvalue weighted by Gasteiger charge is -2.33. The number of carbonyl (C=O) groups excluding carboxylic acids is 1. The van der Waals surface area contributed by atoms with Gasteiger partial charge in [0.05, 0.1) is 0 Å². The molecule has 0 spiro atoms. The van der Waals surface area contributed by atoms with Gasteiger partial charge in [0.2, 0.25) is 0 Å². The molecule has 0 saturated heterocycles. The summed E-state index contributed by atoms with van der Waals surface area (Å²) in [6.07, 6.45) is 7.52. The predicted octanol–water partition coefficient (Wildman–Crippen LogP) is 3.01. The molecule has 0 radical (unpaired) electrons. The van der Waals surface area contributed by atoms with Crippen molar-refractivity contribution >= 4 is 6.03 Å². The van der Waals surface area contributed by atoms with E-state index in [0.29, 0.717) is 12.0 Å². The summed E-state index contributed by atoms with van der Waals surface area (Å²) in [5.41, 5.74) is 0. The Morgan fingerprint density at radius 1 is 1.31 bits per heavy atom. The van der Waals surface area contributed by atoms with Crippen LogP contribution in [0.4, 0.5) is 4.79 Å². The number of amides is 2. The first-order chi connectivity index (χ1) is 7.69. The second kappa shape index (κ2) is 6.77. The van der Waals surface area contributed by atoms with E-state index in [1.165, 1.54) is 32.1 Å². The summed E-state index contributed by atoms with van der Waals surface area (Å²) in [6, 6.07) is 0.505. The van der Waals surface area contributed by atoms with Gasteiger partial charge in [-0.2, -0.15) is 0 Å². The van der Waals surface area contributed by atoms with Crippen LogP contribution in [0, 0.1) is 5.92 Å². The molecule has 1 saturated carbocycles. The van der Waals surface area contributed by atoms with Crippen LogP contribution in [0.15, 0.2) is 0 Å². The average Bonchev–Trinajstić information content (AvgIpc) is 2.31. The maximum Gasteiger partial charge on any atom is 0.317 e. The van der Waals surface area contributed by atoms with Crippen molar-refractivity contribution in [3.63, 3.8) is 0 Å². The van der Waals surface area contributed by atoms with Crippen LogP contribution < -0.4 is 5.32 Å². The van der Waals surface area contributed by atoms with E-state index in [1.54, 1.807) is 4.90 Å². The number of carbonyl (C=O) groups is 1. The minimum atomic E-state index is 0.0931. The van der Waals surface area contributed by atoms with Crippen LogP contribution in [0.5, 0.6) is 0 Å². The number of nitrogens with zero attached hydrogens (tertiary/aromatic N) is 1. The number of hydrogen-bond donors (Lipinski definition) is 1. The van der Waals surface area contributed by atoms with Crippen molar-refractivity contribution in [2.24, 2.45) is 5.92 Å². The van der Waals surface area contributed by atoms with Crippen molar-refractivity contribution in [3.8, 4) is 0 Å². The molecule has 0 unspecified atom stereocenters. The molecule has 0 aromatic heterocycles. The van der Waals surface area contributed by atoms with Gasteiger partial charge in [-0.25, -0.2) is 4.79 Å². The van der Waals surface area contributed by atoms with Gasteiger partial charge in [0.1, 0.15) is 0 Å². The number of hydrogen-bond acceptors (Lipinski definition) is 1. The molecular formula is C13H26N2O. The fourth-order valence-electron chi connectivity index (χ4n) is 2.53. The zero-order chi connectivity index (χ0) is 12.0. The first-order valence-electron chi connectivity index (χ1n) is 6.70. The van der Waals surface area contributed by atoms with Crippen LogP contribution >= 0.6 is 0 Å². The molecule has 1 aliphatic carbocycles. The molecule has 0 aromatic rings. The third kappa shape index (κ3) is 3.69. The quantitative estimate of drug-likeness (QED) is 0.785. The Balaban J connectivity index is 2.45. The summed E-state index contributed by atoms with van der Waals surface area (Å²) < 4.78 is 0. The summed E-state index contributed by atoms with van der Waals surface area (Å²) in [5, 5.41) is 3.19. The molecule has 1 fully saturated rings. The molecule has 2 amide bonds. The standard InChI is InChI=1S/C13H26N2O/c1-4-8-11-9-6-7-10-12(11)14-13(16)15(3)5-2/h11-12H,4-10H2,1-3H3,(H,14,16)/t11-,12-/m0/s1. The topological polar surface area (TPSA) is 32.3 Å². The average molecular weight is 226 g/mol. The van der Waals surface area contributed by atoms with Crippen molar-refractivity contribution < 1.29 is 4.79 Å². The lowest BCUT2D eigenvalue weighted by molar-refractivity contribution is 0.188. The molecule has 3 heteroatoms. The van der Waals surface area contributed by atoms with Crippen LogP contribution in [-0.4, -0.2) is 30.6 Å². The first kappa shape index (κ1) is 13.3. The van der Waals surface area contributed by atoms with Crippen molar-refractivity contribution in [1.29, 1.82) is 0 Å². The molecule has 1 N–H and O–H groups in total. The van der Waals surface area contributed by atoms with E-state index >= 15 is 0 Å². The van der Waals surface area contributed by atoms with E-state index in [1.807, 2.05) is 14.0 Å². The van der Waals surface area contributed by atoms with Crippen LogP contribution in [0.1, 0.15) is 52.4 Å². The normalized spacial score (nSPS) is 25.2. The van der Waals surface area contributed by atoms with Gasteiger partial charge in [-0.3, -0.25) is 0 Å². The Morgan fingerprint density at radius 3 is 2.62 bits per heavy atom. The minimum Gasteiger partial charge on any atom is -0.335 e. The highest BCUT2D eigenvalue weighted by molar-refractivity contribution is 5.74. The Labute approximate surface area is 99.6 Å². The van der Waals surface area contributed by atoms with Gasteiger partial charge in [0.25, 0.3) is 0 Å². The van der Waals surface area contributed by atoms with Crippen molar-refractivity contribution in [1.82, 2.24) is 10.2 Å². The second-order valence-electron chi connectivity index (χ2n) is 4.90. The fourth-order valence-corrected chi connectivity index (χ4v) is 2.53. The van der Waals surface area contributed by atoms with E-state index < -0.39 is 0 Å². The van der Waals surface area contributed by atoms with Crippen LogP contribution in [-0.2, 0) is 0 Å². The van der Waals surface area contributed by atoms with Crippen molar-refractivity contribution in [3.05, 3.63) is 0 Å². The van der Waals surface area contributed by atoms with Gasteiger partial charge in [0.15, 0.2) is 0 Å². The molecule has 1 rings (SSSR count). The molecule has 0 bridgehead atoms. The highest BCUT2D eigenvalue weighted by atomic mass is 16.2.